The van der Waals surface area contributed by atoms with Gasteiger partial charge in [-0.3, -0.25) is 9.59 Å². The summed E-state index contributed by atoms with van der Waals surface area (Å²) in [6, 6.07) is 8.21. The lowest BCUT2D eigenvalue weighted by Gasteiger charge is -2.27. The first-order valence-corrected chi connectivity index (χ1v) is 8.52. The number of carbonyl (C=O) groups is 2. The molecule has 3 rings (SSSR count). The highest BCUT2D eigenvalue weighted by atomic mass is 16.2. The summed E-state index contributed by atoms with van der Waals surface area (Å²) >= 11 is 0. The van der Waals surface area contributed by atoms with Crippen molar-refractivity contribution in [2.24, 2.45) is 5.92 Å². The molecule has 1 fully saturated rings. The lowest BCUT2D eigenvalue weighted by Crippen LogP contribution is -2.41. The molecule has 5 nitrogen and oxygen atoms in total. The van der Waals surface area contributed by atoms with Crippen LogP contribution in [-0.4, -0.2) is 42.9 Å². The van der Waals surface area contributed by atoms with E-state index in [9.17, 15) is 9.59 Å². The number of benzene rings is 1. The lowest BCUT2D eigenvalue weighted by atomic mass is 9.89. The van der Waals surface area contributed by atoms with Crippen LogP contribution in [0.4, 0.5) is 5.69 Å². The van der Waals surface area contributed by atoms with Gasteiger partial charge in [0.1, 0.15) is 0 Å². The van der Waals surface area contributed by atoms with Crippen molar-refractivity contribution in [3.8, 4) is 0 Å². The van der Waals surface area contributed by atoms with Crippen molar-refractivity contribution >= 4 is 17.5 Å². The van der Waals surface area contributed by atoms with Crippen LogP contribution >= 0.6 is 0 Å². The minimum absolute atomic E-state index is 0.0460. The van der Waals surface area contributed by atoms with Crippen molar-refractivity contribution in [3.05, 3.63) is 29.8 Å². The van der Waals surface area contributed by atoms with E-state index in [4.69, 9.17) is 0 Å². The fourth-order valence-electron chi connectivity index (χ4n) is 3.70. The van der Waals surface area contributed by atoms with Gasteiger partial charge in [-0.1, -0.05) is 18.2 Å². The first-order valence-electron chi connectivity index (χ1n) is 8.52. The maximum atomic E-state index is 12.5. The van der Waals surface area contributed by atoms with Crippen LogP contribution in [0, 0.1) is 5.92 Å². The molecule has 124 valence electrons. The van der Waals surface area contributed by atoms with E-state index in [0.717, 1.165) is 38.0 Å². The molecule has 2 aliphatic heterocycles. The third-order valence-electron chi connectivity index (χ3n) is 4.96. The predicted octanol–water partition coefficient (Wildman–Crippen LogP) is 1.79. The number of carbonyl (C=O) groups excluding carboxylic acids is 2. The summed E-state index contributed by atoms with van der Waals surface area (Å²) < 4.78 is 0. The Hall–Kier alpha value is -1.88. The van der Waals surface area contributed by atoms with Gasteiger partial charge in [-0.2, -0.15) is 0 Å². The molecule has 0 spiro atoms. The molecule has 1 aromatic rings. The van der Waals surface area contributed by atoms with Gasteiger partial charge in [-0.25, -0.2) is 0 Å². The van der Waals surface area contributed by atoms with E-state index in [1.54, 1.807) is 0 Å². The first kappa shape index (κ1) is 16.0. The van der Waals surface area contributed by atoms with E-state index in [-0.39, 0.29) is 17.7 Å². The average Bonchev–Trinajstić information content (AvgIpc) is 3.01. The van der Waals surface area contributed by atoms with Gasteiger partial charge < -0.3 is 15.5 Å². The second-order valence-corrected chi connectivity index (χ2v) is 6.53. The maximum Gasteiger partial charge on any atom is 0.227 e. The molecule has 23 heavy (non-hydrogen) atoms. The minimum Gasteiger partial charge on any atom is -0.338 e. The first-order chi connectivity index (χ1) is 11.2. The molecule has 0 radical (unpaired) electrons. The number of anilines is 1. The summed E-state index contributed by atoms with van der Waals surface area (Å²) in [5.41, 5.74) is 2.08. The molecule has 5 heteroatoms. The fourth-order valence-corrected chi connectivity index (χ4v) is 3.70. The predicted molar refractivity (Wildman–Crippen MR) is 90.2 cm³/mol. The van der Waals surface area contributed by atoms with E-state index < -0.39 is 0 Å². The molecule has 2 aliphatic rings. The molecule has 2 unspecified atom stereocenters. The van der Waals surface area contributed by atoms with Gasteiger partial charge in [0.05, 0.1) is 0 Å². The summed E-state index contributed by atoms with van der Waals surface area (Å²) in [5, 5.41) is 6.12. The number of nitrogens with one attached hydrogen (secondary N) is 2. The van der Waals surface area contributed by atoms with E-state index in [0.29, 0.717) is 18.9 Å². The standard InChI is InChI=1S/C18H25N3O2/c1-19-12-15-6-4-10-21(15)17(22)9-8-14-11-13-5-2-3-7-16(13)20-18(14)23/h2-3,5,7,14-15,19H,4,6,8-12H2,1H3,(H,20,23). The Morgan fingerprint density at radius 1 is 1.39 bits per heavy atom. The lowest BCUT2D eigenvalue weighted by molar-refractivity contribution is -0.132. The summed E-state index contributed by atoms with van der Waals surface area (Å²) in [4.78, 5) is 26.7. The highest BCUT2D eigenvalue weighted by Gasteiger charge is 2.30. The second-order valence-electron chi connectivity index (χ2n) is 6.53. The van der Waals surface area contributed by atoms with E-state index in [1.807, 2.05) is 36.2 Å². The molecular formula is C18H25N3O2. The molecule has 2 atom stereocenters. The molecule has 0 bridgehead atoms. The highest BCUT2D eigenvalue weighted by Crippen LogP contribution is 2.28. The number of hydrogen-bond acceptors (Lipinski definition) is 3. The van der Waals surface area contributed by atoms with Crippen LogP contribution in [-0.2, 0) is 16.0 Å². The Labute approximate surface area is 137 Å². The molecule has 0 saturated carbocycles. The molecule has 2 heterocycles. The van der Waals surface area contributed by atoms with Gasteiger partial charge in [-0.15, -0.1) is 0 Å². The number of rotatable bonds is 5. The normalized spacial score (nSPS) is 23.5. The summed E-state index contributed by atoms with van der Waals surface area (Å²) in [7, 11) is 1.92. The molecule has 1 aromatic carbocycles. The zero-order valence-electron chi connectivity index (χ0n) is 13.7. The Morgan fingerprint density at radius 2 is 2.22 bits per heavy atom. The van der Waals surface area contributed by atoms with Crippen molar-refractivity contribution in [2.45, 2.75) is 38.1 Å². The van der Waals surface area contributed by atoms with Gasteiger partial charge in [-0.05, 0) is 44.4 Å². The zero-order valence-corrected chi connectivity index (χ0v) is 13.7. The zero-order chi connectivity index (χ0) is 16.2. The summed E-state index contributed by atoms with van der Waals surface area (Å²) in [6.07, 6.45) is 3.97. The van der Waals surface area contributed by atoms with Gasteiger partial charge in [0.25, 0.3) is 0 Å². The Bertz CT molecular complexity index is 587. The van der Waals surface area contributed by atoms with Crippen LogP contribution in [0.1, 0.15) is 31.2 Å². The van der Waals surface area contributed by atoms with E-state index in [2.05, 4.69) is 10.6 Å². The van der Waals surface area contributed by atoms with Crippen LogP contribution in [0.5, 0.6) is 0 Å². The number of fused-ring (bicyclic) bond motifs is 1. The number of hydrogen-bond donors (Lipinski definition) is 2. The number of nitrogens with zero attached hydrogens (tertiary/aromatic N) is 1. The summed E-state index contributed by atoms with van der Waals surface area (Å²) in [6.45, 7) is 1.70. The molecule has 0 aliphatic carbocycles. The second kappa shape index (κ2) is 7.13. The Kier molecular flexibility index (Phi) is 4.96. The van der Waals surface area contributed by atoms with Crippen molar-refractivity contribution in [1.82, 2.24) is 10.2 Å². The summed E-state index contributed by atoms with van der Waals surface area (Å²) in [5.74, 6) is 0.137. The quantitative estimate of drug-likeness (QED) is 0.871. The van der Waals surface area contributed by atoms with Crippen LogP contribution in [0.15, 0.2) is 24.3 Å². The van der Waals surface area contributed by atoms with Gasteiger partial charge >= 0.3 is 0 Å². The van der Waals surface area contributed by atoms with E-state index >= 15 is 0 Å². The minimum atomic E-state index is -0.0980. The van der Waals surface area contributed by atoms with Crippen LogP contribution in [0.2, 0.25) is 0 Å². The molecule has 2 N–H and O–H groups in total. The van der Waals surface area contributed by atoms with Crippen molar-refractivity contribution in [2.75, 3.05) is 25.5 Å². The van der Waals surface area contributed by atoms with Crippen LogP contribution in [0.25, 0.3) is 0 Å². The monoisotopic (exact) mass is 315 g/mol. The highest BCUT2D eigenvalue weighted by molar-refractivity contribution is 5.96. The van der Waals surface area contributed by atoms with Gasteiger partial charge in [0.2, 0.25) is 11.8 Å². The Balaban J connectivity index is 1.56. The third-order valence-corrected chi connectivity index (χ3v) is 4.96. The number of amides is 2. The molecule has 1 saturated heterocycles. The number of para-hydroxylation sites is 1. The van der Waals surface area contributed by atoms with Gasteiger partial charge in [0, 0.05) is 37.2 Å². The Morgan fingerprint density at radius 3 is 3.04 bits per heavy atom. The van der Waals surface area contributed by atoms with Crippen molar-refractivity contribution < 1.29 is 9.59 Å². The van der Waals surface area contributed by atoms with Crippen LogP contribution < -0.4 is 10.6 Å². The van der Waals surface area contributed by atoms with Crippen molar-refractivity contribution in [1.29, 1.82) is 0 Å². The fraction of sp³-hybridized carbons (Fsp3) is 0.556. The average molecular weight is 315 g/mol. The topological polar surface area (TPSA) is 61.4 Å². The van der Waals surface area contributed by atoms with E-state index in [1.165, 1.54) is 5.56 Å². The molecule has 2 amide bonds. The van der Waals surface area contributed by atoms with Gasteiger partial charge in [0.15, 0.2) is 0 Å². The molecular weight excluding hydrogens is 290 g/mol. The van der Waals surface area contributed by atoms with Crippen molar-refractivity contribution in [3.63, 3.8) is 0 Å². The maximum absolute atomic E-state index is 12.5. The largest absolute Gasteiger partial charge is 0.338 e. The molecule has 0 aromatic heterocycles. The number of likely N-dealkylation sites (tertiary alicyclic amines) is 1. The van der Waals surface area contributed by atoms with Crippen LogP contribution in [0.3, 0.4) is 0 Å². The SMILES string of the molecule is CNCC1CCCN1C(=O)CCC1Cc2ccccc2NC1=O. The number of likely N-dealkylation sites (N-methyl/N-ethyl adjacent to an activating group) is 1. The smallest absolute Gasteiger partial charge is 0.227 e. The third kappa shape index (κ3) is 3.55.